The third kappa shape index (κ3) is 4.20. The molecule has 1 aliphatic rings. The maximum atomic E-state index is 12.5. The van der Waals surface area contributed by atoms with Crippen LogP contribution in [0.2, 0.25) is 5.02 Å². The second kappa shape index (κ2) is 7.67. The van der Waals surface area contributed by atoms with Crippen LogP contribution in [0.15, 0.2) is 36.4 Å². The summed E-state index contributed by atoms with van der Waals surface area (Å²) in [7, 11) is 0. The molecule has 8 heteroatoms. The van der Waals surface area contributed by atoms with Gasteiger partial charge in [-0.05, 0) is 42.8 Å². The number of nitrogens with zero attached hydrogens (tertiary/aromatic N) is 1. The SMILES string of the molecule is Cc1ccc(OCC(=O)c2ccc3c(c2)N(CC(N)=O)C(=O)CO3)c(Cl)c1. The standard InChI is InChI=1S/C19H17ClN2O5/c1-11-2-4-16(13(20)6-11)26-9-15(23)12-3-5-17-14(7-12)22(8-18(21)24)19(25)10-27-17/h2-7H,8-10H2,1H3,(H2,21,24). The highest BCUT2D eigenvalue weighted by Gasteiger charge is 2.27. The topological polar surface area (TPSA) is 98.9 Å². The highest BCUT2D eigenvalue weighted by atomic mass is 35.5. The summed E-state index contributed by atoms with van der Waals surface area (Å²) in [5, 5.41) is 0.417. The first-order valence-electron chi connectivity index (χ1n) is 8.13. The van der Waals surface area contributed by atoms with E-state index in [2.05, 4.69) is 0 Å². The van der Waals surface area contributed by atoms with Gasteiger partial charge in [-0.3, -0.25) is 19.3 Å². The molecule has 0 saturated carbocycles. The maximum absolute atomic E-state index is 12.5. The Morgan fingerprint density at radius 3 is 2.74 bits per heavy atom. The molecule has 1 aliphatic heterocycles. The Kier molecular flexibility index (Phi) is 5.32. The average Bonchev–Trinajstić information content (AvgIpc) is 2.62. The van der Waals surface area contributed by atoms with Crippen molar-refractivity contribution < 1.29 is 23.9 Å². The van der Waals surface area contributed by atoms with Gasteiger partial charge in [0.1, 0.15) is 18.0 Å². The van der Waals surface area contributed by atoms with Gasteiger partial charge in [-0.15, -0.1) is 0 Å². The first-order valence-corrected chi connectivity index (χ1v) is 8.50. The van der Waals surface area contributed by atoms with Gasteiger partial charge in [-0.2, -0.15) is 0 Å². The van der Waals surface area contributed by atoms with Gasteiger partial charge in [-0.1, -0.05) is 17.7 Å². The van der Waals surface area contributed by atoms with Gasteiger partial charge < -0.3 is 15.2 Å². The molecule has 2 N–H and O–H groups in total. The van der Waals surface area contributed by atoms with Crippen LogP contribution in [0.3, 0.4) is 0 Å². The number of carbonyl (C=O) groups excluding carboxylic acids is 3. The number of fused-ring (bicyclic) bond motifs is 1. The number of nitrogens with two attached hydrogens (primary N) is 1. The van der Waals surface area contributed by atoms with E-state index in [-0.39, 0.29) is 25.5 Å². The van der Waals surface area contributed by atoms with Gasteiger partial charge in [0.2, 0.25) is 5.91 Å². The van der Waals surface area contributed by atoms with Gasteiger partial charge in [0.25, 0.3) is 5.91 Å². The van der Waals surface area contributed by atoms with Crippen LogP contribution >= 0.6 is 11.6 Å². The molecule has 0 bridgehead atoms. The molecule has 0 saturated heterocycles. The quantitative estimate of drug-likeness (QED) is 0.764. The summed E-state index contributed by atoms with van der Waals surface area (Å²) in [6.07, 6.45) is 0. The minimum Gasteiger partial charge on any atom is -0.484 e. The van der Waals surface area contributed by atoms with Gasteiger partial charge in [0.05, 0.1) is 10.7 Å². The number of primary amides is 1. The Bertz CT molecular complexity index is 928. The Labute approximate surface area is 160 Å². The second-order valence-electron chi connectivity index (χ2n) is 6.06. The molecular formula is C19H17ClN2O5. The smallest absolute Gasteiger partial charge is 0.265 e. The van der Waals surface area contributed by atoms with Crippen LogP contribution in [0, 0.1) is 6.92 Å². The molecule has 1 heterocycles. The van der Waals surface area contributed by atoms with Crippen LogP contribution in [0.4, 0.5) is 5.69 Å². The number of hydrogen-bond donors (Lipinski definition) is 1. The molecule has 0 radical (unpaired) electrons. The third-order valence-corrected chi connectivity index (χ3v) is 4.28. The van der Waals surface area contributed by atoms with E-state index in [4.69, 9.17) is 26.8 Å². The molecule has 0 unspecified atom stereocenters. The summed E-state index contributed by atoms with van der Waals surface area (Å²) in [4.78, 5) is 37.0. The van der Waals surface area contributed by atoms with Crippen LogP contribution in [0.25, 0.3) is 0 Å². The fourth-order valence-corrected chi connectivity index (χ4v) is 2.94. The Morgan fingerprint density at radius 2 is 2.04 bits per heavy atom. The molecule has 0 atom stereocenters. The zero-order valence-corrected chi connectivity index (χ0v) is 15.3. The van der Waals surface area contributed by atoms with Crippen molar-refractivity contribution in [3.63, 3.8) is 0 Å². The van der Waals surface area contributed by atoms with Gasteiger partial charge in [0, 0.05) is 5.56 Å². The Morgan fingerprint density at radius 1 is 1.26 bits per heavy atom. The van der Waals surface area contributed by atoms with Crippen molar-refractivity contribution in [3.05, 3.63) is 52.5 Å². The van der Waals surface area contributed by atoms with Crippen LogP contribution in [0.5, 0.6) is 11.5 Å². The number of Topliss-reactive ketones (excluding diaryl/α,β-unsaturated/α-hetero) is 1. The van der Waals surface area contributed by atoms with Crippen molar-refractivity contribution in [3.8, 4) is 11.5 Å². The monoisotopic (exact) mass is 388 g/mol. The molecule has 0 aliphatic carbocycles. The number of ether oxygens (including phenoxy) is 2. The van der Waals surface area contributed by atoms with E-state index in [0.29, 0.717) is 27.8 Å². The van der Waals surface area contributed by atoms with Crippen LogP contribution in [0.1, 0.15) is 15.9 Å². The van der Waals surface area contributed by atoms with Gasteiger partial charge in [-0.25, -0.2) is 0 Å². The highest BCUT2D eigenvalue weighted by molar-refractivity contribution is 6.32. The normalized spacial score (nSPS) is 13.0. The molecule has 3 rings (SSSR count). The predicted molar refractivity (Wildman–Crippen MR) is 99.5 cm³/mol. The zero-order valence-electron chi connectivity index (χ0n) is 14.5. The van der Waals surface area contributed by atoms with Crippen molar-refractivity contribution >= 4 is 34.9 Å². The molecule has 7 nitrogen and oxygen atoms in total. The van der Waals surface area contributed by atoms with Crippen molar-refractivity contribution in [1.82, 2.24) is 0 Å². The number of benzene rings is 2. The van der Waals surface area contributed by atoms with Crippen molar-refractivity contribution in [1.29, 1.82) is 0 Å². The lowest BCUT2D eigenvalue weighted by molar-refractivity contribution is -0.124. The number of ketones is 1. The summed E-state index contributed by atoms with van der Waals surface area (Å²) in [6, 6.07) is 9.89. The fourth-order valence-electron chi connectivity index (χ4n) is 2.65. The van der Waals surface area contributed by atoms with Crippen molar-refractivity contribution in [2.24, 2.45) is 5.73 Å². The number of aryl methyl sites for hydroxylation is 1. The predicted octanol–water partition coefficient (Wildman–Crippen LogP) is 2.12. The van der Waals surface area contributed by atoms with Crippen LogP contribution < -0.4 is 20.1 Å². The zero-order chi connectivity index (χ0) is 19.6. The molecule has 2 aromatic rings. The average molecular weight is 389 g/mol. The molecule has 140 valence electrons. The number of rotatable bonds is 6. The largest absolute Gasteiger partial charge is 0.484 e. The lowest BCUT2D eigenvalue weighted by Crippen LogP contribution is -2.43. The van der Waals surface area contributed by atoms with E-state index in [1.54, 1.807) is 24.3 Å². The van der Waals surface area contributed by atoms with E-state index >= 15 is 0 Å². The Hall–Kier alpha value is -3.06. The van der Waals surface area contributed by atoms with E-state index in [0.717, 1.165) is 5.56 Å². The third-order valence-electron chi connectivity index (χ3n) is 3.98. The molecule has 0 spiro atoms. The minimum absolute atomic E-state index is 0.192. The van der Waals surface area contributed by atoms with E-state index in [1.165, 1.54) is 11.0 Å². The fraction of sp³-hybridized carbons (Fsp3) is 0.211. The lowest BCUT2D eigenvalue weighted by atomic mass is 10.1. The summed E-state index contributed by atoms with van der Waals surface area (Å²) in [5.41, 5.74) is 6.82. The lowest BCUT2D eigenvalue weighted by Gasteiger charge is -2.28. The number of carbonyl (C=O) groups is 3. The minimum atomic E-state index is -0.662. The van der Waals surface area contributed by atoms with Crippen LogP contribution in [-0.2, 0) is 9.59 Å². The number of halogens is 1. The molecule has 2 aromatic carbocycles. The summed E-state index contributed by atoms with van der Waals surface area (Å²) in [6.45, 7) is 1.19. The molecule has 0 fully saturated rings. The highest BCUT2D eigenvalue weighted by Crippen LogP contribution is 2.33. The molecule has 27 heavy (non-hydrogen) atoms. The summed E-state index contributed by atoms with van der Waals surface area (Å²) in [5.74, 6) is -0.581. The first-order chi connectivity index (χ1) is 12.8. The van der Waals surface area contributed by atoms with Crippen molar-refractivity contribution in [2.45, 2.75) is 6.92 Å². The van der Waals surface area contributed by atoms with Crippen LogP contribution in [-0.4, -0.2) is 37.4 Å². The summed E-state index contributed by atoms with van der Waals surface area (Å²) < 4.78 is 10.8. The summed E-state index contributed by atoms with van der Waals surface area (Å²) >= 11 is 6.10. The van der Waals surface area contributed by atoms with E-state index < -0.39 is 11.8 Å². The van der Waals surface area contributed by atoms with E-state index in [9.17, 15) is 14.4 Å². The maximum Gasteiger partial charge on any atom is 0.265 e. The van der Waals surface area contributed by atoms with E-state index in [1.807, 2.05) is 13.0 Å². The Balaban J connectivity index is 1.79. The first kappa shape index (κ1) is 18.7. The number of amides is 2. The molecule has 2 amide bonds. The van der Waals surface area contributed by atoms with Gasteiger partial charge in [0.15, 0.2) is 19.0 Å². The molecule has 0 aromatic heterocycles. The molecular weight excluding hydrogens is 372 g/mol. The number of hydrogen-bond acceptors (Lipinski definition) is 5. The van der Waals surface area contributed by atoms with Gasteiger partial charge >= 0.3 is 0 Å². The number of anilines is 1. The second-order valence-corrected chi connectivity index (χ2v) is 6.47. The van der Waals surface area contributed by atoms with Crippen molar-refractivity contribution in [2.75, 3.05) is 24.7 Å².